The molecule has 1 aromatic carbocycles. The van der Waals surface area contributed by atoms with Crippen LogP contribution >= 0.6 is 0 Å². The topological polar surface area (TPSA) is 69.4 Å². The van der Waals surface area contributed by atoms with Crippen LogP contribution in [-0.2, 0) is 9.53 Å². The molecular formula is C17H23NO4. The van der Waals surface area contributed by atoms with Crippen molar-refractivity contribution in [3.05, 3.63) is 39.9 Å². The van der Waals surface area contributed by atoms with Crippen LogP contribution in [-0.4, -0.2) is 17.0 Å². The number of ether oxygens (including phenoxy) is 1. The number of benzene rings is 1. The Morgan fingerprint density at radius 3 is 2.45 bits per heavy atom. The fraction of sp³-hybridized carbons (Fsp3) is 0.588. The maximum absolute atomic E-state index is 12.5. The van der Waals surface area contributed by atoms with Gasteiger partial charge in [0, 0.05) is 12.1 Å². The monoisotopic (exact) mass is 305 g/mol. The molecule has 1 atom stereocenters. The molecular weight excluding hydrogens is 282 g/mol. The number of esters is 1. The van der Waals surface area contributed by atoms with E-state index in [0.717, 1.165) is 37.7 Å². The van der Waals surface area contributed by atoms with Crippen molar-refractivity contribution in [1.82, 2.24) is 0 Å². The molecule has 5 heteroatoms. The summed E-state index contributed by atoms with van der Waals surface area (Å²) < 4.78 is 5.67. The predicted octanol–water partition coefficient (Wildman–Crippen LogP) is 4.35. The van der Waals surface area contributed by atoms with Gasteiger partial charge in [0.15, 0.2) is 0 Å². The molecule has 0 radical (unpaired) electrons. The highest BCUT2D eigenvalue weighted by Crippen LogP contribution is 2.28. The first kappa shape index (κ1) is 16.5. The van der Waals surface area contributed by atoms with Crippen LogP contribution in [0.15, 0.2) is 24.3 Å². The summed E-state index contributed by atoms with van der Waals surface area (Å²) in [5.41, 5.74) is 0.841. The fourth-order valence-electron chi connectivity index (χ4n) is 2.97. The zero-order chi connectivity index (χ0) is 15.9. The van der Waals surface area contributed by atoms with E-state index in [4.69, 9.17) is 4.74 Å². The maximum Gasteiger partial charge on any atom is 0.313 e. The fourth-order valence-corrected chi connectivity index (χ4v) is 2.97. The minimum Gasteiger partial charge on any atom is -0.462 e. The van der Waals surface area contributed by atoms with Gasteiger partial charge in [-0.3, -0.25) is 14.9 Å². The Balaban J connectivity index is 2.07. The van der Waals surface area contributed by atoms with Gasteiger partial charge in [-0.25, -0.2) is 0 Å². The van der Waals surface area contributed by atoms with Gasteiger partial charge in [-0.05, 0) is 37.7 Å². The van der Waals surface area contributed by atoms with Crippen molar-refractivity contribution in [3.8, 4) is 0 Å². The first-order valence-electron chi connectivity index (χ1n) is 8.06. The molecule has 0 heterocycles. The van der Waals surface area contributed by atoms with Gasteiger partial charge in [0.25, 0.3) is 5.69 Å². The molecule has 1 saturated carbocycles. The third-order valence-electron chi connectivity index (χ3n) is 4.20. The normalized spacial score (nSPS) is 17.0. The van der Waals surface area contributed by atoms with Crippen molar-refractivity contribution in [1.29, 1.82) is 0 Å². The van der Waals surface area contributed by atoms with Gasteiger partial charge in [-0.1, -0.05) is 31.9 Å². The van der Waals surface area contributed by atoms with E-state index in [-0.39, 0.29) is 23.7 Å². The van der Waals surface area contributed by atoms with Crippen LogP contribution in [0.2, 0.25) is 0 Å². The van der Waals surface area contributed by atoms with Crippen LogP contribution < -0.4 is 0 Å². The Hall–Kier alpha value is -1.91. The molecule has 1 aromatic rings. The summed E-state index contributed by atoms with van der Waals surface area (Å²) in [4.78, 5) is 22.8. The molecule has 0 bridgehead atoms. The summed E-state index contributed by atoms with van der Waals surface area (Å²) in [7, 11) is 0. The van der Waals surface area contributed by atoms with E-state index in [0.29, 0.717) is 6.42 Å². The lowest BCUT2D eigenvalue weighted by Crippen LogP contribution is -2.25. The highest BCUT2D eigenvalue weighted by molar-refractivity contribution is 5.78. The summed E-state index contributed by atoms with van der Waals surface area (Å²) in [6.45, 7) is 2.02. The first-order valence-corrected chi connectivity index (χ1v) is 8.06. The Morgan fingerprint density at radius 2 is 1.91 bits per heavy atom. The lowest BCUT2D eigenvalue weighted by atomic mass is 9.93. The largest absolute Gasteiger partial charge is 0.462 e. The van der Waals surface area contributed by atoms with Crippen molar-refractivity contribution in [2.45, 2.75) is 63.9 Å². The third-order valence-corrected chi connectivity index (χ3v) is 4.20. The van der Waals surface area contributed by atoms with Crippen LogP contribution in [0, 0.1) is 10.1 Å². The summed E-state index contributed by atoms with van der Waals surface area (Å²) in [6, 6.07) is 6.24. The number of nitro benzene ring substituents is 1. The van der Waals surface area contributed by atoms with Gasteiger partial charge < -0.3 is 4.74 Å². The van der Waals surface area contributed by atoms with Crippen molar-refractivity contribution in [2.75, 3.05) is 0 Å². The van der Waals surface area contributed by atoms with Crippen LogP contribution in [0.5, 0.6) is 0 Å². The Bertz CT molecular complexity index is 506. The zero-order valence-electron chi connectivity index (χ0n) is 13.0. The number of nitrogens with zero attached hydrogens (tertiary/aromatic N) is 1. The number of rotatable bonds is 6. The van der Waals surface area contributed by atoms with E-state index in [1.165, 1.54) is 18.6 Å². The smallest absolute Gasteiger partial charge is 0.313 e. The molecule has 1 unspecified atom stereocenters. The maximum atomic E-state index is 12.5. The van der Waals surface area contributed by atoms with Gasteiger partial charge in [0.05, 0.1) is 10.8 Å². The van der Waals surface area contributed by atoms with E-state index < -0.39 is 4.92 Å². The average molecular weight is 305 g/mol. The summed E-state index contributed by atoms with van der Waals surface area (Å²) >= 11 is 0. The number of nitro groups is 1. The number of hydrogen-bond donors (Lipinski definition) is 0. The molecule has 2 rings (SSSR count). The minimum atomic E-state index is -0.432. The summed E-state index contributed by atoms with van der Waals surface area (Å²) in [6.07, 6.45) is 6.95. The quantitative estimate of drug-likeness (QED) is 0.445. The van der Waals surface area contributed by atoms with Crippen LogP contribution in [0.1, 0.15) is 63.4 Å². The molecule has 1 aliphatic rings. The van der Waals surface area contributed by atoms with E-state index in [1.807, 2.05) is 6.92 Å². The van der Waals surface area contributed by atoms with Crippen molar-refractivity contribution >= 4 is 11.7 Å². The number of carbonyl (C=O) groups excluding carboxylic acids is 1. The first-order chi connectivity index (χ1) is 10.6. The number of non-ortho nitro benzene ring substituents is 1. The van der Waals surface area contributed by atoms with E-state index in [1.54, 1.807) is 12.1 Å². The molecule has 1 aliphatic carbocycles. The SMILES string of the molecule is CCCC(C(=O)OC1CCCCC1)c1ccc([N+](=O)[O-])cc1. The Labute approximate surface area is 130 Å². The van der Waals surface area contributed by atoms with E-state index in [2.05, 4.69) is 0 Å². The molecule has 0 aromatic heterocycles. The molecule has 0 N–H and O–H groups in total. The molecule has 0 saturated heterocycles. The Kier molecular flexibility index (Phi) is 5.92. The average Bonchev–Trinajstić information content (AvgIpc) is 2.53. The van der Waals surface area contributed by atoms with Gasteiger partial charge >= 0.3 is 5.97 Å². The van der Waals surface area contributed by atoms with E-state index >= 15 is 0 Å². The standard InChI is InChI=1S/C17H23NO4/c1-2-6-16(13-9-11-14(12-10-13)18(20)21)17(19)22-15-7-4-3-5-8-15/h9-12,15-16H,2-8H2,1H3. The molecule has 120 valence electrons. The molecule has 0 aliphatic heterocycles. The highest BCUT2D eigenvalue weighted by Gasteiger charge is 2.26. The van der Waals surface area contributed by atoms with E-state index in [9.17, 15) is 14.9 Å². The van der Waals surface area contributed by atoms with Crippen LogP contribution in [0.25, 0.3) is 0 Å². The summed E-state index contributed by atoms with van der Waals surface area (Å²) in [5, 5.41) is 10.7. The predicted molar refractivity (Wildman–Crippen MR) is 83.7 cm³/mol. The van der Waals surface area contributed by atoms with Gasteiger partial charge in [0.2, 0.25) is 0 Å². The number of carbonyl (C=O) groups is 1. The van der Waals surface area contributed by atoms with Crippen molar-refractivity contribution in [2.24, 2.45) is 0 Å². The minimum absolute atomic E-state index is 0.0404. The number of hydrogen-bond acceptors (Lipinski definition) is 4. The molecule has 0 spiro atoms. The van der Waals surface area contributed by atoms with Crippen LogP contribution in [0.3, 0.4) is 0 Å². The third kappa shape index (κ3) is 4.29. The Morgan fingerprint density at radius 1 is 1.27 bits per heavy atom. The molecule has 1 fully saturated rings. The molecule has 22 heavy (non-hydrogen) atoms. The highest BCUT2D eigenvalue weighted by atomic mass is 16.6. The van der Waals surface area contributed by atoms with Crippen molar-refractivity contribution < 1.29 is 14.5 Å². The second-order valence-corrected chi connectivity index (χ2v) is 5.89. The second-order valence-electron chi connectivity index (χ2n) is 5.89. The molecule has 5 nitrogen and oxygen atoms in total. The van der Waals surface area contributed by atoms with Crippen LogP contribution in [0.4, 0.5) is 5.69 Å². The van der Waals surface area contributed by atoms with Gasteiger partial charge in [-0.2, -0.15) is 0 Å². The second kappa shape index (κ2) is 7.92. The van der Waals surface area contributed by atoms with Gasteiger partial charge in [0.1, 0.15) is 6.10 Å². The lowest BCUT2D eigenvalue weighted by Gasteiger charge is -2.24. The summed E-state index contributed by atoms with van der Waals surface area (Å²) in [5.74, 6) is -0.518. The lowest BCUT2D eigenvalue weighted by molar-refractivity contribution is -0.384. The zero-order valence-corrected chi connectivity index (χ0v) is 13.0. The van der Waals surface area contributed by atoms with Gasteiger partial charge in [-0.15, -0.1) is 0 Å². The van der Waals surface area contributed by atoms with Crippen molar-refractivity contribution in [3.63, 3.8) is 0 Å². The molecule has 0 amide bonds.